The molecule has 190 valence electrons. The van der Waals surface area contributed by atoms with E-state index in [0.29, 0.717) is 32.1 Å². The Bertz CT molecular complexity index is 1170. The van der Waals surface area contributed by atoms with Crippen molar-refractivity contribution in [3.63, 3.8) is 0 Å². The van der Waals surface area contributed by atoms with Gasteiger partial charge in [-0.05, 0) is 44.0 Å². The molecule has 1 amide bonds. The number of carbonyl (C=O) groups excluding carboxylic acids is 1. The molecule has 1 fully saturated rings. The Morgan fingerprint density at radius 1 is 1.17 bits per heavy atom. The molecule has 0 atom stereocenters. The van der Waals surface area contributed by atoms with Crippen LogP contribution in [0.25, 0.3) is 0 Å². The zero-order chi connectivity index (χ0) is 24.9. The number of H-pyrrole nitrogens is 1. The number of rotatable bonds is 9. The lowest BCUT2D eigenvalue weighted by atomic mass is 10.1. The maximum Gasteiger partial charge on any atom is 0.330 e. The summed E-state index contributed by atoms with van der Waals surface area (Å²) < 4.78 is 12.6. The molecule has 1 aromatic carbocycles. The molecule has 2 heterocycles. The highest BCUT2D eigenvalue weighted by molar-refractivity contribution is 5.97. The number of aromatic nitrogens is 2. The predicted octanol–water partition coefficient (Wildman–Crippen LogP) is 2.10. The van der Waals surface area contributed by atoms with Crippen molar-refractivity contribution >= 4 is 17.4 Å². The van der Waals surface area contributed by atoms with Crippen LogP contribution in [0.3, 0.4) is 0 Å². The molecule has 35 heavy (non-hydrogen) atoms. The number of anilines is 2. The van der Waals surface area contributed by atoms with Gasteiger partial charge in [0.2, 0.25) is 5.91 Å². The van der Waals surface area contributed by atoms with Crippen molar-refractivity contribution in [2.75, 3.05) is 37.4 Å². The SMILES string of the molecule is CCCCn1c(N)c(N(C(=O)CN(C)Cc2ccc3c(c2)OCCO3)C2CCCC2)c(=O)[nH]c1=O. The number of nitrogens with one attached hydrogen (secondary N) is 1. The van der Waals surface area contributed by atoms with Gasteiger partial charge in [0.25, 0.3) is 5.56 Å². The van der Waals surface area contributed by atoms with Crippen LogP contribution in [0.4, 0.5) is 11.5 Å². The Morgan fingerprint density at radius 3 is 2.60 bits per heavy atom. The molecule has 4 rings (SSSR count). The smallest absolute Gasteiger partial charge is 0.330 e. The molecule has 1 aromatic heterocycles. The number of aromatic amines is 1. The number of benzene rings is 1. The molecule has 2 aromatic rings. The van der Waals surface area contributed by atoms with Gasteiger partial charge in [0.05, 0.1) is 6.54 Å². The quantitative estimate of drug-likeness (QED) is 0.558. The zero-order valence-corrected chi connectivity index (χ0v) is 20.5. The van der Waals surface area contributed by atoms with Gasteiger partial charge < -0.3 is 20.1 Å². The lowest BCUT2D eigenvalue weighted by Crippen LogP contribution is -2.48. The third kappa shape index (κ3) is 5.53. The molecule has 10 nitrogen and oxygen atoms in total. The van der Waals surface area contributed by atoms with E-state index in [9.17, 15) is 14.4 Å². The summed E-state index contributed by atoms with van der Waals surface area (Å²) in [5.41, 5.74) is 6.28. The number of hydrogen-bond donors (Lipinski definition) is 2. The van der Waals surface area contributed by atoms with Gasteiger partial charge in [-0.1, -0.05) is 32.3 Å². The third-order valence-corrected chi connectivity index (χ3v) is 6.61. The van der Waals surface area contributed by atoms with Crippen LogP contribution in [-0.2, 0) is 17.9 Å². The van der Waals surface area contributed by atoms with Crippen LogP contribution in [0.2, 0.25) is 0 Å². The van der Waals surface area contributed by atoms with Gasteiger partial charge in [-0.15, -0.1) is 0 Å². The van der Waals surface area contributed by atoms with Gasteiger partial charge in [0.15, 0.2) is 17.2 Å². The van der Waals surface area contributed by atoms with E-state index in [1.807, 2.05) is 37.1 Å². The highest BCUT2D eigenvalue weighted by Crippen LogP contribution is 2.32. The monoisotopic (exact) mass is 485 g/mol. The van der Waals surface area contributed by atoms with Gasteiger partial charge in [-0.25, -0.2) is 4.79 Å². The largest absolute Gasteiger partial charge is 0.486 e. The van der Waals surface area contributed by atoms with Crippen molar-refractivity contribution in [2.45, 2.75) is 64.6 Å². The average molecular weight is 486 g/mol. The van der Waals surface area contributed by atoms with E-state index < -0.39 is 11.2 Å². The maximum absolute atomic E-state index is 13.6. The lowest BCUT2D eigenvalue weighted by Gasteiger charge is -2.31. The summed E-state index contributed by atoms with van der Waals surface area (Å²) in [5, 5.41) is 0. The summed E-state index contributed by atoms with van der Waals surface area (Å²) in [6.07, 6.45) is 5.17. The number of unbranched alkanes of at least 4 members (excludes halogenated alkanes) is 1. The number of likely N-dealkylation sites (N-methyl/N-ethyl adjacent to an activating group) is 1. The predicted molar refractivity (Wildman–Crippen MR) is 134 cm³/mol. The molecular formula is C25H35N5O5. The zero-order valence-electron chi connectivity index (χ0n) is 20.5. The van der Waals surface area contributed by atoms with Crippen molar-refractivity contribution in [1.29, 1.82) is 0 Å². The van der Waals surface area contributed by atoms with Crippen LogP contribution in [0.1, 0.15) is 51.0 Å². The van der Waals surface area contributed by atoms with Gasteiger partial charge in [0, 0.05) is 19.1 Å². The molecule has 1 aliphatic carbocycles. The molecule has 0 spiro atoms. The van der Waals surface area contributed by atoms with Crippen molar-refractivity contribution in [2.24, 2.45) is 0 Å². The second-order valence-corrected chi connectivity index (χ2v) is 9.35. The maximum atomic E-state index is 13.6. The topological polar surface area (TPSA) is 123 Å². The summed E-state index contributed by atoms with van der Waals surface area (Å²) >= 11 is 0. The van der Waals surface area contributed by atoms with Crippen LogP contribution >= 0.6 is 0 Å². The highest BCUT2D eigenvalue weighted by atomic mass is 16.6. The lowest BCUT2D eigenvalue weighted by molar-refractivity contribution is -0.120. The van der Waals surface area contributed by atoms with Crippen LogP contribution in [0, 0.1) is 0 Å². The molecule has 10 heteroatoms. The molecule has 2 aliphatic rings. The Balaban J connectivity index is 1.57. The Morgan fingerprint density at radius 2 is 1.89 bits per heavy atom. The minimum atomic E-state index is -0.616. The van der Waals surface area contributed by atoms with E-state index in [2.05, 4.69) is 4.98 Å². The summed E-state index contributed by atoms with van der Waals surface area (Å²) in [6.45, 7) is 4.06. The third-order valence-electron chi connectivity index (χ3n) is 6.61. The van der Waals surface area contributed by atoms with Crippen molar-refractivity contribution < 1.29 is 14.3 Å². The number of nitrogen functional groups attached to an aromatic ring is 1. The molecule has 1 aliphatic heterocycles. The normalized spacial score (nSPS) is 15.5. The first-order valence-corrected chi connectivity index (χ1v) is 12.4. The standard InChI is InChI=1S/C25H35N5O5/c1-3-4-11-29-23(26)22(24(32)27-25(29)33)30(18-7-5-6-8-18)21(31)16-28(2)15-17-9-10-19-20(14-17)35-13-12-34-19/h9-10,14,18H,3-8,11-13,15-16,26H2,1-2H3,(H,27,32,33). The van der Waals surface area contributed by atoms with Gasteiger partial charge in [-0.2, -0.15) is 0 Å². The fourth-order valence-electron chi connectivity index (χ4n) is 4.88. The first kappa shape index (κ1) is 24.8. The fourth-order valence-corrected chi connectivity index (χ4v) is 4.88. The number of nitrogens with zero attached hydrogens (tertiary/aromatic N) is 3. The number of fused-ring (bicyclic) bond motifs is 1. The minimum absolute atomic E-state index is 0.0574. The Hall–Kier alpha value is -3.27. The molecule has 3 N–H and O–H groups in total. The number of carbonyl (C=O) groups is 1. The molecule has 0 bridgehead atoms. The minimum Gasteiger partial charge on any atom is -0.486 e. The second-order valence-electron chi connectivity index (χ2n) is 9.35. The van der Waals surface area contributed by atoms with Gasteiger partial charge in [0.1, 0.15) is 19.0 Å². The summed E-state index contributed by atoms with van der Waals surface area (Å²) in [4.78, 5) is 44.8. The van der Waals surface area contributed by atoms with Crippen LogP contribution in [0.15, 0.2) is 27.8 Å². The van der Waals surface area contributed by atoms with Gasteiger partial charge in [-0.3, -0.25) is 24.0 Å². The van der Waals surface area contributed by atoms with E-state index in [0.717, 1.165) is 49.8 Å². The second kappa shape index (κ2) is 11.0. The Kier molecular flexibility index (Phi) is 7.80. The van der Waals surface area contributed by atoms with Gasteiger partial charge >= 0.3 is 5.69 Å². The Labute approximate surface area is 204 Å². The first-order valence-electron chi connectivity index (χ1n) is 12.4. The molecule has 0 unspecified atom stereocenters. The summed E-state index contributed by atoms with van der Waals surface area (Å²) in [7, 11) is 1.86. The van der Waals surface area contributed by atoms with Crippen LogP contribution in [-0.4, -0.2) is 53.2 Å². The number of ether oxygens (including phenoxy) is 2. The van der Waals surface area contributed by atoms with E-state index >= 15 is 0 Å². The van der Waals surface area contributed by atoms with Crippen molar-refractivity contribution in [1.82, 2.24) is 14.5 Å². The fraction of sp³-hybridized carbons (Fsp3) is 0.560. The van der Waals surface area contributed by atoms with E-state index in [1.165, 1.54) is 4.57 Å². The molecule has 0 saturated heterocycles. The van der Waals surface area contributed by atoms with Crippen molar-refractivity contribution in [3.05, 3.63) is 44.6 Å². The summed E-state index contributed by atoms with van der Waals surface area (Å²) in [6, 6.07) is 5.64. The highest BCUT2D eigenvalue weighted by Gasteiger charge is 2.33. The number of amides is 1. The first-order chi connectivity index (χ1) is 16.9. The molecule has 1 saturated carbocycles. The molecular weight excluding hydrogens is 450 g/mol. The van der Waals surface area contributed by atoms with E-state index in [1.54, 1.807) is 4.90 Å². The average Bonchev–Trinajstić information content (AvgIpc) is 3.35. The van der Waals surface area contributed by atoms with E-state index in [-0.39, 0.29) is 30.0 Å². The van der Waals surface area contributed by atoms with Crippen LogP contribution < -0.4 is 31.4 Å². The molecule has 0 radical (unpaired) electrons. The number of hydrogen-bond acceptors (Lipinski definition) is 7. The van der Waals surface area contributed by atoms with Crippen molar-refractivity contribution in [3.8, 4) is 11.5 Å². The van der Waals surface area contributed by atoms with E-state index in [4.69, 9.17) is 15.2 Å². The summed E-state index contributed by atoms with van der Waals surface area (Å²) in [5.74, 6) is 1.27. The van der Waals surface area contributed by atoms with Crippen LogP contribution in [0.5, 0.6) is 11.5 Å². The number of nitrogens with two attached hydrogens (primary N) is 1.